The lowest BCUT2D eigenvalue weighted by atomic mass is 10.1. The first kappa shape index (κ1) is 18.0. The average molecular weight is 358 g/mol. The highest BCUT2D eigenvalue weighted by Gasteiger charge is 2.24. The molecule has 132 valence electrons. The fraction of sp³-hybridized carbons (Fsp3) is 0.583. The molecule has 0 aliphatic rings. The van der Waals surface area contributed by atoms with Gasteiger partial charge in [0.15, 0.2) is 6.67 Å². The molecular formula is C12H18N6O5S. The molecule has 0 fully saturated rings. The summed E-state index contributed by atoms with van der Waals surface area (Å²) < 4.78 is 34.8. The molecule has 1 atom stereocenters. The number of rotatable bonds is 9. The molecule has 1 unspecified atom stereocenters. The first-order valence-corrected chi connectivity index (χ1v) is 8.82. The van der Waals surface area contributed by atoms with E-state index in [9.17, 15) is 23.1 Å². The van der Waals surface area contributed by atoms with Crippen LogP contribution in [0.15, 0.2) is 18.6 Å². The minimum atomic E-state index is -4.18. The van der Waals surface area contributed by atoms with Gasteiger partial charge in [-0.2, -0.15) is 8.42 Å². The molecule has 0 bridgehead atoms. The van der Waals surface area contributed by atoms with Gasteiger partial charge in [0, 0.05) is 6.42 Å². The topological polar surface area (TPSA) is 146 Å². The molecule has 1 N–H and O–H groups in total. The van der Waals surface area contributed by atoms with Crippen LogP contribution in [0.3, 0.4) is 0 Å². The molecule has 0 amide bonds. The number of imidazole rings is 1. The zero-order valence-corrected chi connectivity index (χ0v) is 13.8. The Morgan fingerprint density at radius 3 is 2.83 bits per heavy atom. The largest absolute Gasteiger partial charge is 0.436 e. The van der Waals surface area contributed by atoms with Crippen molar-refractivity contribution in [3.63, 3.8) is 0 Å². The van der Waals surface area contributed by atoms with E-state index in [0.717, 1.165) is 6.42 Å². The molecule has 0 saturated heterocycles. The molecule has 11 nitrogen and oxygen atoms in total. The predicted molar refractivity (Wildman–Crippen MR) is 82.9 cm³/mol. The summed E-state index contributed by atoms with van der Waals surface area (Å²) in [5.74, 6) is -0.328. The summed E-state index contributed by atoms with van der Waals surface area (Å²) >= 11 is 0. The average Bonchev–Trinajstić information content (AvgIpc) is 3.12. The summed E-state index contributed by atoms with van der Waals surface area (Å²) in [4.78, 5) is 13.8. The number of hydrogen-bond donors (Lipinski definition) is 1. The van der Waals surface area contributed by atoms with Crippen LogP contribution in [0.1, 0.15) is 31.9 Å². The summed E-state index contributed by atoms with van der Waals surface area (Å²) in [7, 11) is -4.18. The lowest BCUT2D eigenvalue weighted by molar-refractivity contribution is -0.396. The predicted octanol–water partition coefficient (Wildman–Crippen LogP) is 0.878. The van der Waals surface area contributed by atoms with Crippen molar-refractivity contribution in [2.24, 2.45) is 0 Å². The van der Waals surface area contributed by atoms with Crippen LogP contribution in [0.25, 0.3) is 0 Å². The molecule has 2 heterocycles. The van der Waals surface area contributed by atoms with Crippen molar-refractivity contribution in [2.75, 3.05) is 0 Å². The van der Waals surface area contributed by atoms with Gasteiger partial charge in [0.2, 0.25) is 0 Å². The number of aromatic nitrogens is 5. The van der Waals surface area contributed by atoms with Crippen molar-refractivity contribution in [3.05, 3.63) is 34.4 Å². The molecule has 0 spiro atoms. The molecule has 0 aromatic carbocycles. The Bertz CT molecular complexity index is 798. The second-order valence-corrected chi connectivity index (χ2v) is 7.02. The van der Waals surface area contributed by atoms with E-state index in [0.29, 0.717) is 18.5 Å². The Hall–Kier alpha value is -2.34. The molecule has 2 rings (SSSR count). The van der Waals surface area contributed by atoms with Crippen molar-refractivity contribution in [3.8, 4) is 0 Å². The summed E-state index contributed by atoms with van der Waals surface area (Å²) in [6.07, 6.45) is 6.06. The molecule has 0 radical (unpaired) electrons. The first-order chi connectivity index (χ1) is 11.3. The number of hydrogen-bond acceptors (Lipinski definition) is 7. The molecule has 0 saturated carbocycles. The fourth-order valence-corrected chi connectivity index (χ4v) is 3.11. The number of nitro groups is 1. The normalized spacial score (nSPS) is 13.1. The smallest absolute Gasteiger partial charge is 0.390 e. The first-order valence-electron chi connectivity index (χ1n) is 7.32. The van der Waals surface area contributed by atoms with E-state index in [1.165, 1.54) is 27.8 Å². The monoisotopic (exact) mass is 358 g/mol. The number of unbranched alkanes of at least 4 members (excludes halogenated alkanes) is 1. The third kappa shape index (κ3) is 4.58. The van der Waals surface area contributed by atoms with Gasteiger partial charge in [-0.15, -0.1) is 5.10 Å². The van der Waals surface area contributed by atoms with Gasteiger partial charge in [0.05, 0.1) is 17.1 Å². The lowest BCUT2D eigenvalue weighted by Crippen LogP contribution is -2.23. The summed E-state index contributed by atoms with van der Waals surface area (Å²) in [6, 6.07) is 0. The van der Waals surface area contributed by atoms with E-state index in [2.05, 4.69) is 15.3 Å². The molecule has 0 aliphatic heterocycles. The second kappa shape index (κ2) is 7.49. The van der Waals surface area contributed by atoms with Crippen LogP contribution in [0.5, 0.6) is 0 Å². The highest BCUT2D eigenvalue weighted by atomic mass is 32.2. The highest BCUT2D eigenvalue weighted by molar-refractivity contribution is 7.86. The van der Waals surface area contributed by atoms with Crippen LogP contribution < -0.4 is 0 Å². The molecule has 2 aromatic heterocycles. The third-order valence-electron chi connectivity index (χ3n) is 3.48. The van der Waals surface area contributed by atoms with Gasteiger partial charge in [-0.05, 0) is 11.3 Å². The maximum absolute atomic E-state index is 11.4. The molecule has 2 aromatic rings. The van der Waals surface area contributed by atoms with Gasteiger partial charge in [-0.25, -0.2) is 9.25 Å². The summed E-state index contributed by atoms with van der Waals surface area (Å²) in [5.41, 5.74) is 0.386. The maximum Gasteiger partial charge on any atom is 0.436 e. The van der Waals surface area contributed by atoms with Crippen LogP contribution >= 0.6 is 0 Å². The zero-order chi connectivity index (χ0) is 17.7. The minimum Gasteiger partial charge on any atom is -0.390 e. The quantitative estimate of drug-likeness (QED) is 0.395. The lowest BCUT2D eigenvalue weighted by Gasteiger charge is -2.11. The van der Waals surface area contributed by atoms with E-state index >= 15 is 0 Å². The van der Waals surface area contributed by atoms with Gasteiger partial charge in [-0.3, -0.25) is 4.55 Å². The molecular weight excluding hydrogens is 340 g/mol. The second-order valence-electron chi connectivity index (χ2n) is 5.33. The Labute approximate surface area is 138 Å². The fourth-order valence-electron chi connectivity index (χ4n) is 2.26. The van der Waals surface area contributed by atoms with Gasteiger partial charge in [-0.1, -0.05) is 30.0 Å². The van der Waals surface area contributed by atoms with E-state index in [4.69, 9.17) is 0 Å². The Morgan fingerprint density at radius 1 is 1.46 bits per heavy atom. The van der Waals surface area contributed by atoms with Gasteiger partial charge in [0.1, 0.15) is 12.4 Å². The van der Waals surface area contributed by atoms with Crippen molar-refractivity contribution >= 4 is 16.1 Å². The van der Waals surface area contributed by atoms with Crippen molar-refractivity contribution in [1.29, 1.82) is 0 Å². The van der Waals surface area contributed by atoms with E-state index in [1.54, 1.807) is 0 Å². The maximum atomic E-state index is 11.4. The van der Waals surface area contributed by atoms with E-state index in [1.807, 2.05) is 6.92 Å². The van der Waals surface area contributed by atoms with Crippen molar-refractivity contribution < 1.29 is 17.9 Å². The Balaban J connectivity index is 2.09. The van der Waals surface area contributed by atoms with Gasteiger partial charge in [0.25, 0.3) is 10.1 Å². The SMILES string of the molecule is CCCCC(Cc1cn(Cn2ccnc2[N+](=O)[O-])nn1)S(=O)(=O)O. The highest BCUT2D eigenvalue weighted by Crippen LogP contribution is 2.14. The molecule has 12 heteroatoms. The number of nitrogens with zero attached hydrogens (tertiary/aromatic N) is 6. The summed E-state index contributed by atoms with van der Waals surface area (Å²) in [5, 5.41) is 17.6. The van der Waals surface area contributed by atoms with Crippen molar-refractivity contribution in [2.45, 2.75) is 44.5 Å². The van der Waals surface area contributed by atoms with Crippen molar-refractivity contribution in [1.82, 2.24) is 24.5 Å². The minimum absolute atomic E-state index is 0.0226. The van der Waals surface area contributed by atoms with Crippen LogP contribution in [-0.4, -0.2) is 47.7 Å². The Kier molecular flexibility index (Phi) is 5.62. The Morgan fingerprint density at radius 2 is 2.21 bits per heavy atom. The third-order valence-corrected chi connectivity index (χ3v) is 4.72. The van der Waals surface area contributed by atoms with E-state index < -0.39 is 20.3 Å². The van der Waals surface area contributed by atoms with Crippen LogP contribution in [-0.2, 0) is 23.2 Å². The van der Waals surface area contributed by atoms with E-state index in [-0.39, 0.29) is 19.0 Å². The van der Waals surface area contributed by atoms with Crippen LogP contribution in [0.4, 0.5) is 5.95 Å². The van der Waals surface area contributed by atoms with Gasteiger partial charge < -0.3 is 10.1 Å². The molecule has 24 heavy (non-hydrogen) atoms. The molecule has 0 aliphatic carbocycles. The zero-order valence-electron chi connectivity index (χ0n) is 13.0. The van der Waals surface area contributed by atoms with Crippen LogP contribution in [0, 0.1) is 10.1 Å². The summed E-state index contributed by atoms with van der Waals surface area (Å²) in [6.45, 7) is 1.95. The van der Waals surface area contributed by atoms with Gasteiger partial charge >= 0.3 is 5.95 Å². The van der Waals surface area contributed by atoms with Crippen LogP contribution in [0.2, 0.25) is 0 Å². The standard InChI is InChI=1S/C12H18N6O5S/c1-2-3-4-11(24(21,22)23)7-10-8-17(15-14-10)9-16-6-5-13-12(16)18(19)20/h5-6,8,11H,2-4,7,9H2,1H3,(H,21,22,23).